The van der Waals surface area contributed by atoms with Crippen LogP contribution < -0.4 is 5.32 Å². The molecule has 2 aliphatic rings. The molecule has 1 unspecified atom stereocenters. The van der Waals surface area contributed by atoms with Gasteiger partial charge in [0.2, 0.25) is 0 Å². The minimum atomic E-state index is 0.111. The maximum atomic E-state index is 5.61. The first-order valence-corrected chi connectivity index (χ1v) is 9.28. The summed E-state index contributed by atoms with van der Waals surface area (Å²) in [5.74, 6) is 0.987. The molecule has 1 spiro atoms. The lowest BCUT2D eigenvalue weighted by atomic mass is 9.87. The number of nitrogens with zero attached hydrogens (tertiary/aromatic N) is 3. The zero-order valence-electron chi connectivity index (χ0n) is 14.7. The lowest BCUT2D eigenvalue weighted by Gasteiger charge is -2.24. The van der Waals surface area contributed by atoms with Crippen molar-refractivity contribution >= 4 is 17.3 Å². The molecule has 0 amide bonds. The van der Waals surface area contributed by atoms with E-state index < -0.39 is 0 Å². The summed E-state index contributed by atoms with van der Waals surface area (Å²) in [5, 5.41) is 6.77. The maximum absolute atomic E-state index is 5.61. The van der Waals surface area contributed by atoms with E-state index in [-0.39, 0.29) is 5.41 Å². The van der Waals surface area contributed by atoms with E-state index in [2.05, 4.69) is 41.4 Å². The molecule has 1 aromatic rings. The second-order valence-electron chi connectivity index (χ2n) is 7.75. The number of rotatable bonds is 2. The molecule has 23 heavy (non-hydrogen) atoms. The average Bonchev–Trinajstić information content (AvgIpc) is 3.22. The Balaban J connectivity index is 1.57. The maximum Gasteiger partial charge on any atom is 0.194 e. The first-order chi connectivity index (χ1) is 10.9. The Morgan fingerprint density at radius 3 is 2.91 bits per heavy atom. The van der Waals surface area contributed by atoms with Crippen LogP contribution in [0.25, 0.3) is 0 Å². The van der Waals surface area contributed by atoms with Gasteiger partial charge in [0.15, 0.2) is 5.96 Å². The lowest BCUT2D eigenvalue weighted by molar-refractivity contribution is 0.156. The molecule has 2 saturated heterocycles. The highest BCUT2D eigenvalue weighted by Crippen LogP contribution is 2.38. The Morgan fingerprint density at radius 1 is 1.48 bits per heavy atom. The molecule has 1 aromatic heterocycles. The molecule has 0 aliphatic carbocycles. The van der Waals surface area contributed by atoms with E-state index >= 15 is 0 Å². The smallest absolute Gasteiger partial charge is 0.194 e. The van der Waals surface area contributed by atoms with Crippen molar-refractivity contribution in [1.29, 1.82) is 0 Å². The van der Waals surface area contributed by atoms with Crippen molar-refractivity contribution in [2.24, 2.45) is 10.4 Å². The standard InChI is InChI=1S/C17H28N4OS/c1-16(2,3)13-10-23-14(20-13)9-19-15(18-4)21-7-5-17(11-21)6-8-22-12-17/h10H,5-9,11-12H2,1-4H3,(H,18,19). The average molecular weight is 337 g/mol. The second kappa shape index (κ2) is 6.40. The Hall–Kier alpha value is -1.14. The van der Waals surface area contributed by atoms with Crippen LogP contribution in [0, 0.1) is 5.41 Å². The minimum Gasteiger partial charge on any atom is -0.381 e. The fourth-order valence-corrected chi connectivity index (χ4v) is 4.27. The summed E-state index contributed by atoms with van der Waals surface area (Å²) in [7, 11) is 1.86. The molecule has 1 atom stereocenters. The minimum absolute atomic E-state index is 0.111. The Kier molecular flexibility index (Phi) is 4.65. The van der Waals surface area contributed by atoms with Crippen LogP contribution in [0.5, 0.6) is 0 Å². The molecule has 3 rings (SSSR count). The number of hydrogen-bond acceptors (Lipinski definition) is 4. The highest BCUT2D eigenvalue weighted by Gasteiger charge is 2.42. The van der Waals surface area contributed by atoms with E-state index in [9.17, 15) is 0 Å². The first kappa shape index (κ1) is 16.7. The molecule has 1 N–H and O–H groups in total. The van der Waals surface area contributed by atoms with Crippen molar-refractivity contribution in [3.05, 3.63) is 16.1 Å². The molecule has 0 bridgehead atoms. The monoisotopic (exact) mass is 336 g/mol. The van der Waals surface area contributed by atoms with Gasteiger partial charge in [-0.25, -0.2) is 4.98 Å². The number of guanidine groups is 1. The summed E-state index contributed by atoms with van der Waals surface area (Å²) >= 11 is 1.72. The van der Waals surface area contributed by atoms with E-state index in [1.807, 2.05) is 7.05 Å². The summed E-state index contributed by atoms with van der Waals surface area (Å²) in [6.45, 7) is 11.3. The highest BCUT2D eigenvalue weighted by atomic mass is 32.1. The molecule has 2 fully saturated rings. The van der Waals surface area contributed by atoms with Crippen molar-refractivity contribution < 1.29 is 4.74 Å². The summed E-state index contributed by atoms with van der Waals surface area (Å²) in [4.78, 5) is 11.6. The normalized spacial score (nSPS) is 25.6. The molecule has 0 aromatic carbocycles. The number of aliphatic imine (C=N–C) groups is 1. The third-order valence-corrected chi connectivity index (χ3v) is 5.70. The van der Waals surface area contributed by atoms with Crippen LogP contribution >= 0.6 is 11.3 Å². The van der Waals surface area contributed by atoms with Gasteiger partial charge in [0.25, 0.3) is 0 Å². The number of nitrogens with one attached hydrogen (secondary N) is 1. The topological polar surface area (TPSA) is 49.8 Å². The van der Waals surface area contributed by atoms with Crippen LogP contribution in [0.1, 0.15) is 44.3 Å². The SMILES string of the molecule is CN=C(NCc1nc(C(C)(C)C)cs1)N1CCC2(CCOC2)C1. The zero-order chi connectivity index (χ0) is 16.5. The van der Waals surface area contributed by atoms with Crippen molar-refractivity contribution in [2.75, 3.05) is 33.4 Å². The Bertz CT molecular complexity index is 569. The number of aromatic nitrogens is 1. The molecule has 6 heteroatoms. The lowest BCUT2D eigenvalue weighted by Crippen LogP contribution is -2.41. The van der Waals surface area contributed by atoms with Crippen molar-refractivity contribution in [3.63, 3.8) is 0 Å². The number of likely N-dealkylation sites (tertiary alicyclic amines) is 1. The van der Waals surface area contributed by atoms with Gasteiger partial charge in [-0.05, 0) is 12.8 Å². The fourth-order valence-electron chi connectivity index (χ4n) is 3.31. The molecule has 5 nitrogen and oxygen atoms in total. The quantitative estimate of drug-likeness (QED) is 0.666. The van der Waals surface area contributed by atoms with Gasteiger partial charge in [0.1, 0.15) is 5.01 Å². The molecule has 3 heterocycles. The third kappa shape index (κ3) is 3.69. The van der Waals surface area contributed by atoms with E-state index in [1.54, 1.807) is 11.3 Å². The summed E-state index contributed by atoms with van der Waals surface area (Å²) in [6.07, 6.45) is 2.39. The summed E-state index contributed by atoms with van der Waals surface area (Å²) < 4.78 is 5.61. The molecule has 0 radical (unpaired) electrons. The third-order valence-electron chi connectivity index (χ3n) is 4.85. The Morgan fingerprint density at radius 2 is 2.30 bits per heavy atom. The molecule has 0 saturated carbocycles. The van der Waals surface area contributed by atoms with Crippen molar-refractivity contribution in [3.8, 4) is 0 Å². The molecule has 2 aliphatic heterocycles. The van der Waals surface area contributed by atoms with Crippen LogP contribution in [0.4, 0.5) is 0 Å². The first-order valence-electron chi connectivity index (χ1n) is 8.40. The van der Waals surface area contributed by atoms with Gasteiger partial charge < -0.3 is 15.0 Å². The van der Waals surface area contributed by atoms with Crippen LogP contribution in [0.3, 0.4) is 0 Å². The summed E-state index contributed by atoms with van der Waals surface area (Å²) in [6, 6.07) is 0. The van der Waals surface area contributed by atoms with Gasteiger partial charge >= 0.3 is 0 Å². The van der Waals surface area contributed by atoms with E-state index in [1.165, 1.54) is 12.8 Å². The number of thiazole rings is 1. The van der Waals surface area contributed by atoms with Crippen LogP contribution in [-0.4, -0.2) is 49.2 Å². The van der Waals surface area contributed by atoms with Crippen LogP contribution in [0.2, 0.25) is 0 Å². The van der Waals surface area contributed by atoms with E-state index in [4.69, 9.17) is 9.72 Å². The molecule has 128 valence electrons. The number of ether oxygens (including phenoxy) is 1. The van der Waals surface area contributed by atoms with Crippen molar-refractivity contribution in [2.45, 2.75) is 45.6 Å². The second-order valence-corrected chi connectivity index (χ2v) is 8.69. The van der Waals surface area contributed by atoms with Crippen molar-refractivity contribution in [1.82, 2.24) is 15.2 Å². The predicted molar refractivity (Wildman–Crippen MR) is 95.1 cm³/mol. The predicted octanol–water partition coefficient (Wildman–Crippen LogP) is 2.63. The van der Waals surface area contributed by atoms with Gasteiger partial charge in [0, 0.05) is 43.0 Å². The van der Waals surface area contributed by atoms with Crippen LogP contribution in [-0.2, 0) is 16.7 Å². The van der Waals surface area contributed by atoms with Gasteiger partial charge in [-0.1, -0.05) is 20.8 Å². The van der Waals surface area contributed by atoms with E-state index in [0.717, 1.165) is 49.5 Å². The van der Waals surface area contributed by atoms with Gasteiger partial charge in [-0.15, -0.1) is 11.3 Å². The van der Waals surface area contributed by atoms with Gasteiger partial charge in [-0.3, -0.25) is 4.99 Å². The van der Waals surface area contributed by atoms with E-state index in [0.29, 0.717) is 5.41 Å². The molecular weight excluding hydrogens is 308 g/mol. The zero-order valence-corrected chi connectivity index (χ0v) is 15.5. The largest absolute Gasteiger partial charge is 0.381 e. The fraction of sp³-hybridized carbons (Fsp3) is 0.765. The highest BCUT2D eigenvalue weighted by molar-refractivity contribution is 7.09. The number of hydrogen-bond donors (Lipinski definition) is 1. The molecular formula is C17H28N4OS. The Labute approximate surface area is 143 Å². The van der Waals surface area contributed by atoms with Gasteiger partial charge in [0.05, 0.1) is 18.8 Å². The van der Waals surface area contributed by atoms with Crippen LogP contribution in [0.15, 0.2) is 10.4 Å². The van der Waals surface area contributed by atoms with Gasteiger partial charge in [-0.2, -0.15) is 0 Å². The summed E-state index contributed by atoms with van der Waals surface area (Å²) in [5.41, 5.74) is 1.64.